The summed E-state index contributed by atoms with van der Waals surface area (Å²) in [6.45, 7) is 9.89. The third kappa shape index (κ3) is 5.89. The highest BCUT2D eigenvalue weighted by Gasteiger charge is 2.23. The zero-order chi connectivity index (χ0) is 11.2. The van der Waals surface area contributed by atoms with Gasteiger partial charge in [-0.05, 0) is 32.1 Å². The van der Waals surface area contributed by atoms with E-state index in [-0.39, 0.29) is 0 Å². The van der Waals surface area contributed by atoms with E-state index in [1.807, 2.05) is 32.5 Å². The highest BCUT2D eigenvalue weighted by molar-refractivity contribution is 7.99. The number of rotatable bonds is 7. The average Bonchev–Trinajstić information content (AvgIpc) is 2.11. The first-order chi connectivity index (χ1) is 6.40. The number of aliphatic hydroxyl groups is 1. The van der Waals surface area contributed by atoms with Gasteiger partial charge >= 0.3 is 0 Å². The van der Waals surface area contributed by atoms with Crippen LogP contribution in [-0.2, 0) is 0 Å². The van der Waals surface area contributed by atoms with E-state index in [2.05, 4.69) is 18.5 Å². The summed E-state index contributed by atoms with van der Waals surface area (Å²) >= 11 is 1.89. The van der Waals surface area contributed by atoms with Crippen LogP contribution in [0, 0.1) is 5.92 Å². The molecule has 2 atom stereocenters. The van der Waals surface area contributed by atoms with Crippen molar-refractivity contribution in [3.63, 3.8) is 0 Å². The maximum Gasteiger partial charge on any atom is 0.0766 e. The normalized spacial score (nSPS) is 18.2. The van der Waals surface area contributed by atoms with Crippen LogP contribution >= 0.6 is 11.8 Å². The summed E-state index contributed by atoms with van der Waals surface area (Å²) < 4.78 is 0. The number of hydrogen-bond donors (Lipinski definition) is 2. The molecular weight excluding hydrogens is 194 g/mol. The number of thioether (sulfide) groups is 1. The smallest absolute Gasteiger partial charge is 0.0766 e. The molecule has 0 aromatic rings. The molecule has 2 N–H and O–H groups in total. The van der Waals surface area contributed by atoms with Gasteiger partial charge in [0, 0.05) is 11.8 Å². The quantitative estimate of drug-likeness (QED) is 0.643. The molecule has 0 saturated heterocycles. The molecule has 0 radical (unpaired) electrons. The second-order valence-electron chi connectivity index (χ2n) is 4.52. The average molecular weight is 219 g/mol. The molecule has 14 heavy (non-hydrogen) atoms. The summed E-state index contributed by atoms with van der Waals surface area (Å²) in [5, 5.41) is 14.0. The van der Waals surface area contributed by atoms with E-state index < -0.39 is 5.60 Å². The predicted octanol–water partition coefficient (Wildman–Crippen LogP) is 2.12. The molecule has 0 aromatic heterocycles. The Morgan fingerprint density at radius 2 is 1.93 bits per heavy atom. The minimum Gasteiger partial charge on any atom is -0.389 e. The Morgan fingerprint density at radius 1 is 1.36 bits per heavy atom. The van der Waals surface area contributed by atoms with E-state index in [1.165, 1.54) is 0 Å². The van der Waals surface area contributed by atoms with Crippen molar-refractivity contribution in [2.45, 2.75) is 45.0 Å². The van der Waals surface area contributed by atoms with Crippen molar-refractivity contribution in [2.75, 3.05) is 19.3 Å². The largest absolute Gasteiger partial charge is 0.389 e. The van der Waals surface area contributed by atoms with Gasteiger partial charge in [-0.1, -0.05) is 20.8 Å². The van der Waals surface area contributed by atoms with E-state index >= 15 is 0 Å². The number of nitrogens with one attached hydrogen (secondary N) is 1. The topological polar surface area (TPSA) is 32.3 Å². The highest BCUT2D eigenvalue weighted by Crippen LogP contribution is 2.14. The lowest BCUT2D eigenvalue weighted by Crippen LogP contribution is -2.42. The van der Waals surface area contributed by atoms with Crippen LogP contribution in [0.1, 0.15) is 34.1 Å². The summed E-state index contributed by atoms with van der Waals surface area (Å²) in [7, 11) is 0. The Morgan fingerprint density at radius 3 is 2.36 bits per heavy atom. The molecule has 0 bridgehead atoms. The molecule has 0 heterocycles. The van der Waals surface area contributed by atoms with Crippen molar-refractivity contribution in [1.29, 1.82) is 0 Å². The molecule has 0 aromatic carbocycles. The molecule has 0 saturated carbocycles. The van der Waals surface area contributed by atoms with E-state index in [4.69, 9.17) is 0 Å². The van der Waals surface area contributed by atoms with Gasteiger partial charge < -0.3 is 10.4 Å². The lowest BCUT2D eigenvalue weighted by molar-refractivity contribution is 0.0144. The molecule has 2 nitrogen and oxygen atoms in total. The molecule has 0 spiro atoms. The fourth-order valence-corrected chi connectivity index (χ4v) is 1.32. The molecule has 0 aliphatic rings. The van der Waals surface area contributed by atoms with Crippen molar-refractivity contribution in [1.82, 2.24) is 5.32 Å². The number of hydrogen-bond acceptors (Lipinski definition) is 3. The van der Waals surface area contributed by atoms with Gasteiger partial charge in [-0.15, -0.1) is 0 Å². The Labute approximate surface area is 92.9 Å². The summed E-state index contributed by atoms with van der Waals surface area (Å²) in [4.78, 5) is 0. The van der Waals surface area contributed by atoms with Gasteiger partial charge in [0.2, 0.25) is 0 Å². The Hall–Kier alpha value is 0.270. The van der Waals surface area contributed by atoms with E-state index in [0.29, 0.717) is 17.7 Å². The second-order valence-corrected chi connectivity index (χ2v) is 5.80. The molecule has 0 aliphatic carbocycles. The molecule has 3 heteroatoms. The van der Waals surface area contributed by atoms with E-state index in [9.17, 15) is 5.11 Å². The first-order valence-electron chi connectivity index (χ1n) is 5.36. The third-order valence-electron chi connectivity index (χ3n) is 2.86. The molecule has 2 unspecified atom stereocenters. The Balaban J connectivity index is 3.54. The van der Waals surface area contributed by atoms with E-state index in [0.717, 1.165) is 13.0 Å². The fraction of sp³-hybridized carbons (Fsp3) is 1.00. The minimum atomic E-state index is -0.581. The zero-order valence-electron chi connectivity index (χ0n) is 10.1. The van der Waals surface area contributed by atoms with Crippen molar-refractivity contribution in [3.05, 3.63) is 0 Å². The van der Waals surface area contributed by atoms with Crippen LogP contribution in [0.2, 0.25) is 0 Å². The molecule has 86 valence electrons. The summed E-state index contributed by atoms with van der Waals surface area (Å²) in [5.74, 6) is 0.299. The summed E-state index contributed by atoms with van der Waals surface area (Å²) in [6, 6.07) is 0. The standard InChI is InChI=1S/C11H25NOS/c1-9(2)11(4,13)8-12-7-6-10(3)14-5/h9-10,12-13H,6-8H2,1-5H3. The highest BCUT2D eigenvalue weighted by atomic mass is 32.2. The molecule has 0 amide bonds. The van der Waals surface area contributed by atoms with Crippen LogP contribution in [0.4, 0.5) is 0 Å². The van der Waals surface area contributed by atoms with Crippen LogP contribution in [0.5, 0.6) is 0 Å². The van der Waals surface area contributed by atoms with Crippen molar-refractivity contribution in [2.24, 2.45) is 5.92 Å². The minimum absolute atomic E-state index is 0.299. The van der Waals surface area contributed by atoms with Crippen molar-refractivity contribution in [3.8, 4) is 0 Å². The monoisotopic (exact) mass is 219 g/mol. The SMILES string of the molecule is CSC(C)CCNCC(C)(O)C(C)C. The van der Waals surface area contributed by atoms with Crippen LogP contribution in [0.25, 0.3) is 0 Å². The van der Waals surface area contributed by atoms with E-state index in [1.54, 1.807) is 0 Å². The van der Waals surface area contributed by atoms with Gasteiger partial charge in [-0.25, -0.2) is 0 Å². The summed E-state index contributed by atoms with van der Waals surface area (Å²) in [6.07, 6.45) is 3.30. The van der Waals surface area contributed by atoms with Crippen LogP contribution < -0.4 is 5.32 Å². The van der Waals surface area contributed by atoms with Crippen molar-refractivity contribution >= 4 is 11.8 Å². The predicted molar refractivity (Wildman–Crippen MR) is 65.9 cm³/mol. The van der Waals surface area contributed by atoms with Crippen LogP contribution in [0.3, 0.4) is 0 Å². The molecule has 0 aliphatic heterocycles. The lowest BCUT2D eigenvalue weighted by Gasteiger charge is -2.28. The first-order valence-corrected chi connectivity index (χ1v) is 6.65. The lowest BCUT2D eigenvalue weighted by atomic mass is 9.92. The van der Waals surface area contributed by atoms with Gasteiger partial charge in [0.1, 0.15) is 0 Å². The zero-order valence-corrected chi connectivity index (χ0v) is 10.9. The van der Waals surface area contributed by atoms with Gasteiger partial charge in [0.15, 0.2) is 0 Å². The van der Waals surface area contributed by atoms with Crippen LogP contribution in [-0.4, -0.2) is 35.3 Å². The van der Waals surface area contributed by atoms with Gasteiger partial charge in [-0.2, -0.15) is 11.8 Å². The van der Waals surface area contributed by atoms with Crippen LogP contribution in [0.15, 0.2) is 0 Å². The fourth-order valence-electron chi connectivity index (χ4n) is 0.969. The Kier molecular flexibility index (Phi) is 6.83. The third-order valence-corrected chi connectivity index (χ3v) is 3.90. The summed E-state index contributed by atoms with van der Waals surface area (Å²) in [5.41, 5.74) is -0.581. The second kappa shape index (κ2) is 6.70. The maximum atomic E-state index is 9.95. The molecule has 0 rings (SSSR count). The van der Waals surface area contributed by atoms with Crippen molar-refractivity contribution < 1.29 is 5.11 Å². The first kappa shape index (κ1) is 14.3. The Bertz CT molecular complexity index is 148. The van der Waals surface area contributed by atoms with Gasteiger partial charge in [0.05, 0.1) is 5.60 Å². The molecule has 0 fully saturated rings. The molecular formula is C11H25NOS. The maximum absolute atomic E-state index is 9.95. The van der Waals surface area contributed by atoms with Gasteiger partial charge in [0.25, 0.3) is 0 Å². The van der Waals surface area contributed by atoms with Gasteiger partial charge in [-0.3, -0.25) is 0 Å².